The Hall–Kier alpha value is -2.13. The van der Waals surface area contributed by atoms with Crippen molar-refractivity contribution in [3.63, 3.8) is 0 Å². The van der Waals surface area contributed by atoms with Gasteiger partial charge >= 0.3 is 0 Å². The van der Waals surface area contributed by atoms with Crippen LogP contribution >= 0.6 is 22.7 Å². The second-order valence-corrected chi connectivity index (χ2v) is 9.07. The first kappa shape index (κ1) is 16.3. The predicted molar refractivity (Wildman–Crippen MR) is 99.7 cm³/mol. The number of thiazole rings is 1. The molecule has 2 aromatic carbocycles. The molecule has 0 spiro atoms. The number of nitrogens with zero attached hydrogens (tertiary/aromatic N) is 1. The van der Waals surface area contributed by atoms with Crippen LogP contribution in [0.2, 0.25) is 0 Å². The Kier molecular flexibility index (Phi) is 3.92. The minimum atomic E-state index is -3.75. The molecule has 0 atom stereocenters. The minimum Gasteiger partial charge on any atom is -0.243 e. The van der Waals surface area contributed by atoms with Crippen molar-refractivity contribution in [1.29, 1.82) is 0 Å². The Morgan fingerprint density at radius 1 is 1.04 bits per heavy atom. The van der Waals surface area contributed by atoms with E-state index >= 15 is 0 Å². The van der Waals surface area contributed by atoms with Crippen molar-refractivity contribution in [2.75, 3.05) is 0 Å². The van der Waals surface area contributed by atoms with Gasteiger partial charge in [-0.15, -0.1) is 22.7 Å². The summed E-state index contributed by atoms with van der Waals surface area (Å²) in [7, 11) is -3.75. The summed E-state index contributed by atoms with van der Waals surface area (Å²) in [4.78, 5) is 5.38. The van der Waals surface area contributed by atoms with E-state index in [2.05, 4.69) is 4.98 Å². The van der Waals surface area contributed by atoms with Crippen LogP contribution in [0.1, 0.15) is 0 Å². The first-order valence-corrected chi connectivity index (χ1v) is 10.4. The third-order valence-corrected chi connectivity index (χ3v) is 6.86. The van der Waals surface area contributed by atoms with E-state index in [1.54, 1.807) is 35.0 Å². The van der Waals surface area contributed by atoms with Crippen molar-refractivity contribution in [1.82, 2.24) is 4.98 Å². The van der Waals surface area contributed by atoms with E-state index in [4.69, 9.17) is 5.14 Å². The zero-order chi connectivity index (χ0) is 17.6. The number of rotatable bonds is 3. The number of hydrogen-bond donors (Lipinski definition) is 1. The SMILES string of the molecule is NS(=O)(=O)c1ccc(-c2c(-c3cccc(F)c3)sc3scnc23)cc1. The fourth-order valence-corrected chi connectivity index (χ4v) is 5.24. The summed E-state index contributed by atoms with van der Waals surface area (Å²) < 4.78 is 37.6. The van der Waals surface area contributed by atoms with Crippen molar-refractivity contribution in [2.24, 2.45) is 5.14 Å². The summed E-state index contributed by atoms with van der Waals surface area (Å²) >= 11 is 3.06. The first-order chi connectivity index (χ1) is 11.9. The fraction of sp³-hybridized carbons (Fsp3) is 0. The van der Waals surface area contributed by atoms with E-state index in [1.807, 2.05) is 6.07 Å². The van der Waals surface area contributed by atoms with E-state index in [-0.39, 0.29) is 10.7 Å². The highest BCUT2D eigenvalue weighted by Crippen LogP contribution is 2.45. The zero-order valence-corrected chi connectivity index (χ0v) is 15.1. The molecule has 0 saturated carbocycles. The molecule has 0 amide bonds. The number of sulfonamides is 1. The summed E-state index contributed by atoms with van der Waals surface area (Å²) in [5.41, 5.74) is 5.04. The maximum atomic E-state index is 13.7. The van der Waals surface area contributed by atoms with Crippen molar-refractivity contribution in [3.05, 3.63) is 59.9 Å². The minimum absolute atomic E-state index is 0.0494. The van der Waals surface area contributed by atoms with Crippen LogP contribution in [0.25, 0.3) is 31.1 Å². The van der Waals surface area contributed by atoms with Crippen molar-refractivity contribution < 1.29 is 12.8 Å². The monoisotopic (exact) mass is 390 g/mol. The van der Waals surface area contributed by atoms with Gasteiger partial charge < -0.3 is 0 Å². The highest BCUT2D eigenvalue weighted by atomic mass is 32.2. The molecule has 4 rings (SSSR count). The zero-order valence-electron chi connectivity index (χ0n) is 12.6. The number of hydrogen-bond acceptors (Lipinski definition) is 5. The molecule has 2 heterocycles. The largest absolute Gasteiger partial charge is 0.243 e. The van der Waals surface area contributed by atoms with E-state index in [0.717, 1.165) is 31.1 Å². The lowest BCUT2D eigenvalue weighted by atomic mass is 10.0. The molecule has 2 aromatic heterocycles. The van der Waals surface area contributed by atoms with Gasteiger partial charge in [0.15, 0.2) is 0 Å². The summed E-state index contributed by atoms with van der Waals surface area (Å²) in [6.07, 6.45) is 0. The normalized spacial score (nSPS) is 11.9. The predicted octanol–water partition coefficient (Wildman–Crippen LogP) is 4.48. The van der Waals surface area contributed by atoms with E-state index in [1.165, 1.54) is 35.6 Å². The van der Waals surface area contributed by atoms with Crippen LogP contribution in [-0.4, -0.2) is 13.4 Å². The molecular weight excluding hydrogens is 379 g/mol. The Morgan fingerprint density at radius 3 is 2.48 bits per heavy atom. The maximum Gasteiger partial charge on any atom is 0.238 e. The molecule has 0 bridgehead atoms. The topological polar surface area (TPSA) is 73.1 Å². The highest BCUT2D eigenvalue weighted by molar-refractivity contribution is 7.89. The standard InChI is InChI=1S/C17H11FN2O2S3/c18-12-3-1-2-11(8-12)16-14(15-17(24-16)23-9-20-15)10-4-6-13(7-5-10)25(19,21)22/h1-9H,(H2,19,21,22). The Bertz CT molecular complexity index is 1180. The molecule has 0 aliphatic carbocycles. The van der Waals surface area contributed by atoms with Crippen LogP contribution < -0.4 is 5.14 Å². The van der Waals surface area contributed by atoms with Gasteiger partial charge in [0.2, 0.25) is 10.0 Å². The lowest BCUT2D eigenvalue weighted by Gasteiger charge is -2.06. The van der Waals surface area contributed by atoms with E-state index in [9.17, 15) is 12.8 Å². The summed E-state index contributed by atoms with van der Waals surface area (Å²) in [5.74, 6) is -0.308. The molecule has 4 aromatic rings. The lowest BCUT2D eigenvalue weighted by Crippen LogP contribution is -2.11. The first-order valence-electron chi connectivity index (χ1n) is 7.18. The van der Waals surface area contributed by atoms with Crippen LogP contribution in [0.3, 0.4) is 0 Å². The van der Waals surface area contributed by atoms with Gasteiger partial charge in [-0.1, -0.05) is 24.3 Å². The molecule has 126 valence electrons. The van der Waals surface area contributed by atoms with Gasteiger partial charge in [-0.3, -0.25) is 0 Å². The van der Waals surface area contributed by atoms with Gasteiger partial charge in [0.1, 0.15) is 15.3 Å². The Balaban J connectivity index is 1.94. The molecule has 25 heavy (non-hydrogen) atoms. The van der Waals surface area contributed by atoms with Gasteiger partial charge in [-0.25, -0.2) is 22.9 Å². The number of nitrogens with two attached hydrogens (primary N) is 1. The molecular formula is C17H11FN2O2S3. The quantitative estimate of drug-likeness (QED) is 0.561. The molecule has 0 saturated heterocycles. The number of benzene rings is 2. The number of primary sulfonamides is 1. The third kappa shape index (κ3) is 2.98. The second-order valence-electron chi connectivity index (χ2n) is 5.37. The van der Waals surface area contributed by atoms with Crippen molar-refractivity contribution in [2.45, 2.75) is 4.90 Å². The summed E-state index contributed by atoms with van der Waals surface area (Å²) in [6, 6.07) is 12.7. The Labute approximate surface area is 151 Å². The molecule has 0 fully saturated rings. The van der Waals surface area contributed by atoms with Crippen LogP contribution in [-0.2, 0) is 10.0 Å². The van der Waals surface area contributed by atoms with Gasteiger partial charge in [0.25, 0.3) is 0 Å². The van der Waals surface area contributed by atoms with Crippen LogP contribution in [0.15, 0.2) is 58.9 Å². The number of fused-ring (bicyclic) bond motifs is 1. The number of halogens is 1. The maximum absolute atomic E-state index is 13.7. The average Bonchev–Trinajstić information content (AvgIpc) is 3.15. The fourth-order valence-electron chi connectivity index (χ4n) is 2.64. The number of aromatic nitrogens is 1. The smallest absolute Gasteiger partial charge is 0.238 e. The summed E-state index contributed by atoms with van der Waals surface area (Å²) in [5, 5.41) is 5.16. The second kappa shape index (κ2) is 5.99. The van der Waals surface area contributed by atoms with Crippen molar-refractivity contribution in [3.8, 4) is 21.6 Å². The van der Waals surface area contributed by atoms with Crippen molar-refractivity contribution >= 4 is 42.2 Å². The van der Waals surface area contributed by atoms with Crippen LogP contribution in [0.5, 0.6) is 0 Å². The molecule has 0 unspecified atom stereocenters. The van der Waals surface area contributed by atoms with E-state index in [0.29, 0.717) is 0 Å². The average molecular weight is 390 g/mol. The molecule has 0 aliphatic heterocycles. The third-order valence-electron chi connectivity index (χ3n) is 3.75. The molecule has 2 N–H and O–H groups in total. The van der Waals surface area contributed by atoms with Gasteiger partial charge in [-0.2, -0.15) is 0 Å². The summed E-state index contributed by atoms with van der Waals surface area (Å²) in [6.45, 7) is 0. The highest BCUT2D eigenvalue weighted by Gasteiger charge is 2.19. The molecule has 4 nitrogen and oxygen atoms in total. The molecule has 0 radical (unpaired) electrons. The van der Waals surface area contributed by atoms with Crippen LogP contribution in [0.4, 0.5) is 4.39 Å². The van der Waals surface area contributed by atoms with E-state index < -0.39 is 10.0 Å². The molecule has 8 heteroatoms. The molecule has 0 aliphatic rings. The van der Waals surface area contributed by atoms with Gasteiger partial charge in [0.05, 0.1) is 10.4 Å². The van der Waals surface area contributed by atoms with Crippen LogP contribution in [0, 0.1) is 5.82 Å². The van der Waals surface area contributed by atoms with Gasteiger partial charge in [-0.05, 0) is 35.4 Å². The lowest BCUT2D eigenvalue weighted by molar-refractivity contribution is 0.598. The van der Waals surface area contributed by atoms with Gasteiger partial charge in [0, 0.05) is 10.4 Å². The number of thiophene rings is 1. The Morgan fingerprint density at radius 2 is 1.80 bits per heavy atom.